The molecule has 2 aromatic rings. The molecule has 0 radical (unpaired) electrons. The van der Waals surface area contributed by atoms with E-state index in [2.05, 4.69) is 15.0 Å². The van der Waals surface area contributed by atoms with Crippen molar-refractivity contribution < 1.29 is 22.7 Å². The van der Waals surface area contributed by atoms with Crippen molar-refractivity contribution in [2.24, 2.45) is 0 Å². The van der Waals surface area contributed by atoms with Crippen molar-refractivity contribution in [3.63, 3.8) is 0 Å². The average Bonchev–Trinajstić information content (AvgIpc) is 2.67. The SMILES string of the molecule is COCCOc1ncccc1CNC(=O)[C@H](C)NS(=O)(=O)c1ccc(Cl)cc1. The molecule has 0 aliphatic carbocycles. The summed E-state index contributed by atoms with van der Waals surface area (Å²) in [6.45, 7) is 2.34. The van der Waals surface area contributed by atoms with Gasteiger partial charge in [0.15, 0.2) is 0 Å². The summed E-state index contributed by atoms with van der Waals surface area (Å²) in [5, 5.41) is 3.10. The number of aromatic nitrogens is 1. The Morgan fingerprint density at radius 3 is 2.61 bits per heavy atom. The maximum Gasteiger partial charge on any atom is 0.241 e. The van der Waals surface area contributed by atoms with Gasteiger partial charge in [0.05, 0.1) is 17.5 Å². The second-order valence-corrected chi connectivity index (χ2v) is 7.97. The van der Waals surface area contributed by atoms with Gasteiger partial charge in [0.25, 0.3) is 0 Å². The number of nitrogens with zero attached hydrogens (tertiary/aromatic N) is 1. The van der Waals surface area contributed by atoms with Crippen LogP contribution in [-0.4, -0.2) is 45.7 Å². The number of amides is 1. The van der Waals surface area contributed by atoms with E-state index in [4.69, 9.17) is 21.1 Å². The van der Waals surface area contributed by atoms with E-state index >= 15 is 0 Å². The van der Waals surface area contributed by atoms with Crippen molar-refractivity contribution >= 4 is 27.5 Å². The van der Waals surface area contributed by atoms with Gasteiger partial charge in [-0.15, -0.1) is 0 Å². The van der Waals surface area contributed by atoms with E-state index in [9.17, 15) is 13.2 Å². The molecule has 2 N–H and O–H groups in total. The third-order valence-electron chi connectivity index (χ3n) is 3.68. The van der Waals surface area contributed by atoms with E-state index in [-0.39, 0.29) is 11.4 Å². The smallest absolute Gasteiger partial charge is 0.241 e. The van der Waals surface area contributed by atoms with Crippen LogP contribution in [0.5, 0.6) is 5.88 Å². The lowest BCUT2D eigenvalue weighted by molar-refractivity contribution is -0.122. The predicted octanol–water partition coefficient (Wildman–Crippen LogP) is 1.74. The van der Waals surface area contributed by atoms with Crippen LogP contribution in [0.15, 0.2) is 47.5 Å². The summed E-state index contributed by atoms with van der Waals surface area (Å²) in [7, 11) is -2.28. The highest BCUT2D eigenvalue weighted by atomic mass is 35.5. The third-order valence-corrected chi connectivity index (χ3v) is 5.49. The lowest BCUT2D eigenvalue weighted by Crippen LogP contribution is -2.44. The molecule has 28 heavy (non-hydrogen) atoms. The maximum absolute atomic E-state index is 12.4. The number of methoxy groups -OCH3 is 1. The Morgan fingerprint density at radius 2 is 1.93 bits per heavy atom. The third kappa shape index (κ3) is 6.45. The van der Waals surface area contributed by atoms with E-state index in [1.165, 1.54) is 31.2 Å². The van der Waals surface area contributed by atoms with Gasteiger partial charge in [0.1, 0.15) is 6.61 Å². The summed E-state index contributed by atoms with van der Waals surface area (Å²) >= 11 is 5.77. The van der Waals surface area contributed by atoms with Crippen LogP contribution in [0.3, 0.4) is 0 Å². The molecule has 0 saturated heterocycles. The van der Waals surface area contributed by atoms with Crippen LogP contribution in [-0.2, 0) is 26.1 Å². The van der Waals surface area contributed by atoms with E-state index in [0.29, 0.717) is 29.7 Å². The minimum absolute atomic E-state index is 0.0256. The van der Waals surface area contributed by atoms with Gasteiger partial charge in [0, 0.05) is 30.4 Å². The van der Waals surface area contributed by atoms with Crippen LogP contribution in [0.1, 0.15) is 12.5 Å². The molecule has 8 nitrogen and oxygen atoms in total. The summed E-state index contributed by atoms with van der Waals surface area (Å²) in [6, 6.07) is 8.18. The van der Waals surface area contributed by atoms with Crippen LogP contribution in [0.4, 0.5) is 0 Å². The molecule has 2 rings (SSSR count). The monoisotopic (exact) mass is 427 g/mol. The molecule has 0 fully saturated rings. The summed E-state index contributed by atoms with van der Waals surface area (Å²) in [4.78, 5) is 16.5. The van der Waals surface area contributed by atoms with Crippen molar-refractivity contribution in [2.75, 3.05) is 20.3 Å². The number of rotatable bonds is 10. The highest BCUT2D eigenvalue weighted by Gasteiger charge is 2.22. The fourth-order valence-electron chi connectivity index (χ4n) is 2.21. The minimum atomic E-state index is -3.85. The van der Waals surface area contributed by atoms with Crippen LogP contribution >= 0.6 is 11.6 Å². The number of nitrogens with one attached hydrogen (secondary N) is 2. The molecule has 0 aliphatic rings. The standard InChI is InChI=1S/C18H22ClN3O5S/c1-13(22-28(24,25)16-7-5-15(19)6-8-16)17(23)21-12-14-4-3-9-20-18(14)27-11-10-26-2/h3-9,13,22H,10-12H2,1-2H3,(H,21,23)/t13-/m0/s1. The lowest BCUT2D eigenvalue weighted by atomic mass is 10.2. The fourth-order valence-corrected chi connectivity index (χ4v) is 3.54. The molecule has 10 heteroatoms. The number of ether oxygens (including phenoxy) is 2. The van der Waals surface area contributed by atoms with Crippen LogP contribution in [0.2, 0.25) is 5.02 Å². The number of carbonyl (C=O) groups excluding carboxylic acids is 1. The van der Waals surface area contributed by atoms with Gasteiger partial charge in [0.2, 0.25) is 21.8 Å². The number of sulfonamides is 1. The van der Waals surface area contributed by atoms with E-state index in [0.717, 1.165) is 0 Å². The molecule has 1 amide bonds. The van der Waals surface area contributed by atoms with Crippen LogP contribution in [0, 0.1) is 0 Å². The first-order chi connectivity index (χ1) is 13.3. The van der Waals surface area contributed by atoms with Gasteiger partial charge in [-0.2, -0.15) is 4.72 Å². The Hall–Kier alpha value is -2.20. The molecule has 1 heterocycles. The minimum Gasteiger partial charge on any atom is -0.475 e. The normalized spacial score (nSPS) is 12.4. The van der Waals surface area contributed by atoms with Crippen LogP contribution in [0.25, 0.3) is 0 Å². The van der Waals surface area contributed by atoms with Gasteiger partial charge in [-0.1, -0.05) is 17.7 Å². The Kier molecular flexibility index (Phi) is 8.18. The second kappa shape index (κ2) is 10.4. The number of carbonyl (C=O) groups is 1. The molecule has 0 aliphatic heterocycles. The molecular formula is C18H22ClN3O5S. The summed E-state index contributed by atoms with van der Waals surface area (Å²) in [6.07, 6.45) is 1.58. The zero-order valence-electron chi connectivity index (χ0n) is 15.5. The molecule has 152 valence electrons. The molecule has 0 saturated carbocycles. The molecule has 0 bridgehead atoms. The Labute approximate surface area is 169 Å². The highest BCUT2D eigenvalue weighted by molar-refractivity contribution is 7.89. The van der Waals surface area contributed by atoms with Crippen molar-refractivity contribution in [1.29, 1.82) is 0 Å². The Bertz CT molecular complexity index is 890. The molecule has 0 spiro atoms. The van der Waals surface area contributed by atoms with Gasteiger partial charge < -0.3 is 14.8 Å². The molecular weight excluding hydrogens is 406 g/mol. The topological polar surface area (TPSA) is 107 Å². The fraction of sp³-hybridized carbons (Fsp3) is 0.333. The van der Waals surface area contributed by atoms with Crippen LogP contribution < -0.4 is 14.8 Å². The quantitative estimate of drug-likeness (QED) is 0.559. The molecule has 0 unspecified atom stereocenters. The number of hydrogen-bond acceptors (Lipinski definition) is 6. The predicted molar refractivity (Wildman–Crippen MR) is 105 cm³/mol. The highest BCUT2D eigenvalue weighted by Crippen LogP contribution is 2.15. The number of hydrogen-bond donors (Lipinski definition) is 2. The zero-order valence-corrected chi connectivity index (χ0v) is 17.1. The van der Waals surface area contributed by atoms with E-state index in [1.54, 1.807) is 25.4 Å². The maximum atomic E-state index is 12.4. The van der Waals surface area contributed by atoms with Gasteiger partial charge >= 0.3 is 0 Å². The van der Waals surface area contributed by atoms with Gasteiger partial charge in [-0.25, -0.2) is 13.4 Å². The second-order valence-electron chi connectivity index (χ2n) is 5.82. The lowest BCUT2D eigenvalue weighted by Gasteiger charge is -2.15. The first kappa shape index (κ1) is 22.1. The number of halogens is 1. The summed E-state index contributed by atoms with van der Waals surface area (Å²) in [5.74, 6) is -0.0986. The Morgan fingerprint density at radius 1 is 1.21 bits per heavy atom. The van der Waals surface area contributed by atoms with Crippen molar-refractivity contribution in [3.8, 4) is 5.88 Å². The number of benzene rings is 1. The summed E-state index contributed by atoms with van der Waals surface area (Å²) in [5.41, 5.74) is 0.666. The molecule has 1 aromatic carbocycles. The van der Waals surface area contributed by atoms with Gasteiger partial charge in [-0.05, 0) is 37.3 Å². The van der Waals surface area contributed by atoms with Crippen molar-refractivity contribution in [3.05, 3.63) is 53.2 Å². The van der Waals surface area contributed by atoms with Crippen molar-refractivity contribution in [2.45, 2.75) is 24.4 Å². The first-order valence-electron chi connectivity index (χ1n) is 8.44. The average molecular weight is 428 g/mol. The molecule has 1 atom stereocenters. The largest absolute Gasteiger partial charge is 0.475 e. The first-order valence-corrected chi connectivity index (χ1v) is 10.3. The van der Waals surface area contributed by atoms with Gasteiger partial charge in [-0.3, -0.25) is 4.79 Å². The number of pyridine rings is 1. The zero-order chi connectivity index (χ0) is 20.6. The van der Waals surface area contributed by atoms with E-state index in [1.807, 2.05) is 0 Å². The summed E-state index contributed by atoms with van der Waals surface area (Å²) < 4.78 is 37.5. The van der Waals surface area contributed by atoms with E-state index < -0.39 is 22.0 Å². The van der Waals surface area contributed by atoms with Crippen molar-refractivity contribution in [1.82, 2.24) is 15.0 Å². The Balaban J connectivity index is 1.95. The molecule has 1 aromatic heterocycles.